The Kier molecular flexibility index (Phi) is 5.92. The van der Waals surface area contributed by atoms with Crippen LogP contribution >= 0.6 is 0 Å². The van der Waals surface area contributed by atoms with E-state index < -0.39 is 0 Å². The van der Waals surface area contributed by atoms with Gasteiger partial charge in [-0.15, -0.1) is 0 Å². The summed E-state index contributed by atoms with van der Waals surface area (Å²) in [6.45, 7) is 12.5. The number of anilines is 2. The first-order valence-corrected chi connectivity index (χ1v) is 7.46. The normalized spacial score (nSPS) is 13.4. The van der Waals surface area contributed by atoms with Crippen LogP contribution in [0, 0.1) is 0 Å². The van der Waals surface area contributed by atoms with E-state index in [4.69, 9.17) is 10.8 Å². The fraction of sp³-hybridized carbons (Fsp3) is 0.733. The van der Waals surface area contributed by atoms with E-state index in [9.17, 15) is 0 Å². The molecule has 1 atom stereocenters. The van der Waals surface area contributed by atoms with Gasteiger partial charge in [0.2, 0.25) is 0 Å². The minimum absolute atomic E-state index is 0.119. The first-order valence-electron chi connectivity index (χ1n) is 7.46. The summed E-state index contributed by atoms with van der Waals surface area (Å²) >= 11 is 0. The predicted molar refractivity (Wildman–Crippen MR) is 89.6 cm³/mol. The van der Waals surface area contributed by atoms with Crippen molar-refractivity contribution in [2.24, 2.45) is 5.84 Å². The number of aromatic nitrogens is 2. The molecule has 6 nitrogen and oxygen atoms in total. The molecule has 0 saturated heterocycles. The fourth-order valence-corrected chi connectivity index (χ4v) is 2.32. The lowest BCUT2D eigenvalue weighted by Gasteiger charge is -2.32. The third kappa shape index (κ3) is 4.82. The van der Waals surface area contributed by atoms with Gasteiger partial charge in [-0.05, 0) is 27.9 Å². The lowest BCUT2D eigenvalue weighted by molar-refractivity contribution is 0.372. The zero-order chi connectivity index (χ0) is 16.2. The second-order valence-electron chi connectivity index (χ2n) is 6.73. The van der Waals surface area contributed by atoms with E-state index in [0.29, 0.717) is 11.9 Å². The molecule has 0 saturated carbocycles. The van der Waals surface area contributed by atoms with Crippen LogP contribution in [0.1, 0.15) is 40.4 Å². The van der Waals surface area contributed by atoms with Crippen molar-refractivity contribution in [2.45, 2.75) is 46.1 Å². The van der Waals surface area contributed by atoms with E-state index in [2.05, 4.69) is 68.9 Å². The molecule has 3 N–H and O–H groups in total. The van der Waals surface area contributed by atoms with Gasteiger partial charge in [0.25, 0.3) is 0 Å². The van der Waals surface area contributed by atoms with Crippen molar-refractivity contribution in [3.63, 3.8) is 0 Å². The average molecular weight is 294 g/mol. The third-order valence-electron chi connectivity index (χ3n) is 3.33. The van der Waals surface area contributed by atoms with Crippen LogP contribution in [0.2, 0.25) is 0 Å². The standard InChI is InChI=1S/C15H30N6/c1-8-21(11(2)10-20(6)7)13-9-12(19-16)17-14(18-13)15(3,4)5/h9,11H,8,10,16H2,1-7H3,(H,17,18,19). The van der Waals surface area contributed by atoms with Crippen LogP contribution in [-0.4, -0.2) is 48.1 Å². The molecule has 1 aromatic heterocycles. The molecule has 0 bridgehead atoms. The minimum Gasteiger partial charge on any atom is -0.353 e. The molecule has 0 aromatic carbocycles. The molecule has 1 aromatic rings. The maximum atomic E-state index is 5.56. The number of hydrogen-bond donors (Lipinski definition) is 2. The monoisotopic (exact) mass is 294 g/mol. The van der Waals surface area contributed by atoms with E-state index in [1.807, 2.05) is 6.07 Å². The molecule has 1 rings (SSSR count). The Bertz CT molecular complexity index is 452. The van der Waals surface area contributed by atoms with Gasteiger partial charge in [0.05, 0.1) is 0 Å². The average Bonchev–Trinajstić information content (AvgIpc) is 2.37. The molecule has 0 aliphatic carbocycles. The van der Waals surface area contributed by atoms with Gasteiger partial charge in [-0.2, -0.15) is 0 Å². The van der Waals surface area contributed by atoms with Gasteiger partial charge in [-0.1, -0.05) is 20.8 Å². The molecule has 0 fully saturated rings. The van der Waals surface area contributed by atoms with Crippen LogP contribution in [-0.2, 0) is 5.41 Å². The molecule has 0 radical (unpaired) electrons. The Hall–Kier alpha value is -1.40. The minimum atomic E-state index is -0.119. The summed E-state index contributed by atoms with van der Waals surface area (Å²) in [7, 11) is 4.16. The highest BCUT2D eigenvalue weighted by atomic mass is 15.3. The summed E-state index contributed by atoms with van der Waals surface area (Å²) in [5, 5.41) is 0. The van der Waals surface area contributed by atoms with Gasteiger partial charge in [0.15, 0.2) is 0 Å². The number of hydrogen-bond acceptors (Lipinski definition) is 6. The van der Waals surface area contributed by atoms with E-state index in [1.165, 1.54) is 0 Å². The maximum absolute atomic E-state index is 5.56. The lowest BCUT2D eigenvalue weighted by atomic mass is 9.96. The predicted octanol–water partition coefficient (Wildman–Crippen LogP) is 1.84. The second kappa shape index (κ2) is 7.04. The van der Waals surface area contributed by atoms with Crippen LogP contribution in [0.25, 0.3) is 0 Å². The van der Waals surface area contributed by atoms with Gasteiger partial charge in [-0.25, -0.2) is 15.8 Å². The molecule has 0 aliphatic heterocycles. The summed E-state index contributed by atoms with van der Waals surface area (Å²) in [5.74, 6) is 7.93. The molecule has 0 aliphatic rings. The smallest absolute Gasteiger partial charge is 0.145 e. The van der Waals surface area contributed by atoms with Crippen molar-refractivity contribution in [2.75, 3.05) is 37.5 Å². The Morgan fingerprint density at radius 3 is 2.33 bits per heavy atom. The molecule has 0 spiro atoms. The van der Waals surface area contributed by atoms with Crippen LogP contribution < -0.4 is 16.2 Å². The van der Waals surface area contributed by atoms with Crippen LogP contribution in [0.4, 0.5) is 11.6 Å². The van der Waals surface area contributed by atoms with Gasteiger partial charge < -0.3 is 15.2 Å². The number of rotatable bonds is 6. The number of nitrogens with two attached hydrogens (primary N) is 1. The van der Waals surface area contributed by atoms with Crippen molar-refractivity contribution in [3.8, 4) is 0 Å². The van der Waals surface area contributed by atoms with E-state index >= 15 is 0 Å². The first kappa shape index (κ1) is 17.7. The Labute approximate surface area is 128 Å². The van der Waals surface area contributed by atoms with Crippen molar-refractivity contribution < 1.29 is 0 Å². The molecule has 6 heteroatoms. The van der Waals surface area contributed by atoms with Gasteiger partial charge in [-0.3, -0.25) is 0 Å². The summed E-state index contributed by atoms with van der Waals surface area (Å²) in [4.78, 5) is 13.7. The van der Waals surface area contributed by atoms with Crippen LogP contribution in [0.3, 0.4) is 0 Å². The summed E-state index contributed by atoms with van der Waals surface area (Å²) in [6, 6.07) is 2.27. The van der Waals surface area contributed by atoms with Gasteiger partial charge in [0, 0.05) is 30.6 Å². The first-order chi connectivity index (χ1) is 9.68. The molecular formula is C15H30N6. The SMILES string of the molecule is CCN(c1cc(NN)nc(C(C)(C)C)n1)C(C)CN(C)C. The number of likely N-dealkylation sites (N-methyl/N-ethyl adjacent to an activating group) is 2. The van der Waals surface area contributed by atoms with E-state index in [0.717, 1.165) is 24.7 Å². The number of hydrazine groups is 1. The molecule has 1 unspecified atom stereocenters. The highest BCUT2D eigenvalue weighted by molar-refractivity contribution is 5.50. The molecule has 120 valence electrons. The van der Waals surface area contributed by atoms with E-state index in [1.54, 1.807) is 0 Å². The zero-order valence-corrected chi connectivity index (χ0v) is 14.4. The highest BCUT2D eigenvalue weighted by Crippen LogP contribution is 2.24. The highest BCUT2D eigenvalue weighted by Gasteiger charge is 2.22. The van der Waals surface area contributed by atoms with Crippen LogP contribution in [0.15, 0.2) is 6.07 Å². The third-order valence-corrected chi connectivity index (χ3v) is 3.33. The Morgan fingerprint density at radius 1 is 1.29 bits per heavy atom. The molecular weight excluding hydrogens is 264 g/mol. The van der Waals surface area contributed by atoms with Crippen molar-refractivity contribution >= 4 is 11.6 Å². The molecule has 21 heavy (non-hydrogen) atoms. The van der Waals surface area contributed by atoms with Crippen LogP contribution in [0.5, 0.6) is 0 Å². The Balaban J connectivity index is 3.19. The Morgan fingerprint density at radius 2 is 1.90 bits per heavy atom. The zero-order valence-electron chi connectivity index (χ0n) is 14.4. The fourth-order valence-electron chi connectivity index (χ4n) is 2.32. The summed E-state index contributed by atoms with van der Waals surface area (Å²) in [5.41, 5.74) is 2.53. The number of nitrogen functional groups attached to an aromatic ring is 1. The topological polar surface area (TPSA) is 70.3 Å². The molecule has 1 heterocycles. The second-order valence-corrected chi connectivity index (χ2v) is 6.73. The summed E-state index contributed by atoms with van der Waals surface area (Å²) < 4.78 is 0. The summed E-state index contributed by atoms with van der Waals surface area (Å²) in [6.07, 6.45) is 0. The maximum Gasteiger partial charge on any atom is 0.145 e. The van der Waals surface area contributed by atoms with Gasteiger partial charge >= 0.3 is 0 Å². The number of nitrogens with one attached hydrogen (secondary N) is 1. The van der Waals surface area contributed by atoms with Gasteiger partial charge in [0.1, 0.15) is 17.5 Å². The van der Waals surface area contributed by atoms with E-state index in [-0.39, 0.29) is 5.41 Å². The quantitative estimate of drug-likeness (QED) is 0.616. The van der Waals surface area contributed by atoms with Crippen molar-refractivity contribution in [1.82, 2.24) is 14.9 Å². The number of nitrogens with zero attached hydrogens (tertiary/aromatic N) is 4. The van der Waals surface area contributed by atoms with Crippen molar-refractivity contribution in [1.29, 1.82) is 0 Å². The molecule has 0 amide bonds. The van der Waals surface area contributed by atoms with Crippen molar-refractivity contribution in [3.05, 3.63) is 11.9 Å². The lowest BCUT2D eigenvalue weighted by Crippen LogP contribution is -2.41. The largest absolute Gasteiger partial charge is 0.353 e.